The van der Waals surface area contributed by atoms with E-state index in [-0.39, 0.29) is 0 Å². The van der Waals surface area contributed by atoms with Crippen molar-refractivity contribution in [3.8, 4) is 5.75 Å². The molecule has 1 atom stereocenters. The minimum Gasteiger partial charge on any atom is -0.493 e. The highest BCUT2D eigenvalue weighted by molar-refractivity contribution is 5.77. The Kier molecular flexibility index (Phi) is 2.74. The van der Waals surface area contributed by atoms with Gasteiger partial charge in [0.25, 0.3) is 0 Å². The van der Waals surface area contributed by atoms with Crippen molar-refractivity contribution < 1.29 is 4.74 Å². The van der Waals surface area contributed by atoms with E-state index < -0.39 is 0 Å². The molecule has 0 fully saturated rings. The number of aromatic nitrogens is 2. The van der Waals surface area contributed by atoms with Crippen LogP contribution in [0.1, 0.15) is 28.4 Å². The van der Waals surface area contributed by atoms with Crippen molar-refractivity contribution in [1.29, 1.82) is 0 Å². The molecule has 0 radical (unpaired) electrons. The molecule has 1 aliphatic rings. The molecule has 0 amide bonds. The molecule has 1 aliphatic heterocycles. The van der Waals surface area contributed by atoms with Gasteiger partial charge in [0.1, 0.15) is 11.6 Å². The number of aryl methyl sites for hydroxylation is 2. The number of rotatable bonds is 1. The van der Waals surface area contributed by atoms with Crippen LogP contribution in [0.25, 0.3) is 11.0 Å². The Morgan fingerprint density at radius 1 is 1.14 bits per heavy atom. The molecule has 0 saturated carbocycles. The first-order valence-electron chi connectivity index (χ1n) is 7.38. The molecule has 0 aliphatic carbocycles. The van der Waals surface area contributed by atoms with Gasteiger partial charge in [-0.2, -0.15) is 0 Å². The average molecular weight is 278 g/mol. The van der Waals surface area contributed by atoms with Gasteiger partial charge in [0.2, 0.25) is 0 Å². The summed E-state index contributed by atoms with van der Waals surface area (Å²) in [5.74, 6) is 2.34. The molecule has 3 aromatic rings. The van der Waals surface area contributed by atoms with Crippen molar-refractivity contribution >= 4 is 11.0 Å². The number of para-hydroxylation sites is 1. The first-order chi connectivity index (χ1) is 10.2. The molecule has 21 heavy (non-hydrogen) atoms. The normalized spacial score (nSPS) is 17.5. The van der Waals surface area contributed by atoms with Crippen LogP contribution in [-0.4, -0.2) is 16.6 Å². The monoisotopic (exact) mass is 278 g/mol. The standard InChI is InChI=1S/C18H18N2O/c1-11-7-15-16(8-12(11)2)20-18(19-15)14-9-13-5-3-4-6-17(13)21-10-14/h3-8,14H,9-10H2,1-2H3,(H,19,20). The largest absolute Gasteiger partial charge is 0.493 e. The Morgan fingerprint density at radius 3 is 2.86 bits per heavy atom. The van der Waals surface area contributed by atoms with Crippen molar-refractivity contribution in [3.05, 3.63) is 58.9 Å². The molecule has 4 rings (SSSR count). The lowest BCUT2D eigenvalue weighted by molar-refractivity contribution is 0.258. The number of nitrogens with zero attached hydrogens (tertiary/aromatic N) is 1. The highest BCUT2D eigenvalue weighted by Crippen LogP contribution is 2.32. The smallest absolute Gasteiger partial charge is 0.122 e. The molecule has 0 bridgehead atoms. The van der Waals surface area contributed by atoms with Crippen LogP contribution >= 0.6 is 0 Å². The van der Waals surface area contributed by atoms with Gasteiger partial charge in [-0.25, -0.2) is 4.98 Å². The van der Waals surface area contributed by atoms with Gasteiger partial charge in [-0.1, -0.05) is 18.2 Å². The number of nitrogens with one attached hydrogen (secondary N) is 1. The van der Waals surface area contributed by atoms with Crippen molar-refractivity contribution in [3.63, 3.8) is 0 Å². The zero-order chi connectivity index (χ0) is 14.4. The molecular formula is C18H18N2O. The SMILES string of the molecule is Cc1cc2nc(C3COc4ccccc4C3)[nH]c2cc1C. The summed E-state index contributed by atoms with van der Waals surface area (Å²) >= 11 is 0. The Labute approximate surface area is 124 Å². The fourth-order valence-electron chi connectivity index (χ4n) is 2.99. The van der Waals surface area contributed by atoms with Crippen LogP contribution in [0.2, 0.25) is 0 Å². The molecular weight excluding hydrogens is 260 g/mol. The Balaban J connectivity index is 1.71. The molecule has 0 saturated heterocycles. The third-order valence-electron chi connectivity index (χ3n) is 4.38. The van der Waals surface area contributed by atoms with Crippen molar-refractivity contribution in [2.45, 2.75) is 26.2 Å². The number of imidazole rings is 1. The number of hydrogen-bond donors (Lipinski definition) is 1. The summed E-state index contributed by atoms with van der Waals surface area (Å²) in [6.45, 7) is 4.95. The summed E-state index contributed by atoms with van der Waals surface area (Å²) in [6, 6.07) is 12.6. The molecule has 1 N–H and O–H groups in total. The highest BCUT2D eigenvalue weighted by atomic mass is 16.5. The van der Waals surface area contributed by atoms with Crippen molar-refractivity contribution in [2.75, 3.05) is 6.61 Å². The van der Waals surface area contributed by atoms with E-state index in [1.807, 2.05) is 12.1 Å². The van der Waals surface area contributed by atoms with Crippen LogP contribution < -0.4 is 4.74 Å². The van der Waals surface area contributed by atoms with Gasteiger partial charge in [0, 0.05) is 0 Å². The first-order valence-corrected chi connectivity index (χ1v) is 7.38. The van der Waals surface area contributed by atoms with Gasteiger partial charge in [0.05, 0.1) is 23.6 Å². The number of fused-ring (bicyclic) bond motifs is 2. The minimum atomic E-state index is 0.299. The van der Waals surface area contributed by atoms with E-state index in [0.717, 1.165) is 29.0 Å². The number of aromatic amines is 1. The molecule has 3 heteroatoms. The molecule has 0 spiro atoms. The second-order valence-corrected chi connectivity index (χ2v) is 5.90. The second-order valence-electron chi connectivity index (χ2n) is 5.90. The predicted octanol–water partition coefficient (Wildman–Crippen LogP) is 3.90. The quantitative estimate of drug-likeness (QED) is 0.733. The maximum atomic E-state index is 5.87. The van der Waals surface area contributed by atoms with Crippen LogP contribution in [0.5, 0.6) is 5.75 Å². The van der Waals surface area contributed by atoms with Crippen molar-refractivity contribution in [2.24, 2.45) is 0 Å². The van der Waals surface area contributed by atoms with Gasteiger partial charge in [-0.3, -0.25) is 0 Å². The second kappa shape index (κ2) is 4.62. The van der Waals surface area contributed by atoms with Crippen LogP contribution in [0.4, 0.5) is 0 Å². The summed E-state index contributed by atoms with van der Waals surface area (Å²) in [6.07, 6.45) is 0.980. The van der Waals surface area contributed by atoms with Crippen LogP contribution in [-0.2, 0) is 6.42 Å². The number of H-pyrrole nitrogens is 1. The zero-order valence-corrected chi connectivity index (χ0v) is 12.3. The van der Waals surface area contributed by atoms with Crippen molar-refractivity contribution in [1.82, 2.24) is 9.97 Å². The number of ether oxygens (including phenoxy) is 1. The molecule has 3 nitrogen and oxygen atoms in total. The van der Waals surface area contributed by atoms with Gasteiger partial charge < -0.3 is 9.72 Å². The summed E-state index contributed by atoms with van der Waals surface area (Å²) in [4.78, 5) is 8.25. The molecule has 1 unspecified atom stereocenters. The lowest BCUT2D eigenvalue weighted by atomic mass is 9.96. The fourth-order valence-corrected chi connectivity index (χ4v) is 2.99. The van der Waals surface area contributed by atoms with E-state index in [1.165, 1.54) is 16.7 Å². The van der Waals surface area contributed by atoms with E-state index in [4.69, 9.17) is 9.72 Å². The summed E-state index contributed by atoms with van der Waals surface area (Å²) in [7, 11) is 0. The molecule has 106 valence electrons. The van der Waals surface area contributed by atoms with E-state index in [9.17, 15) is 0 Å². The highest BCUT2D eigenvalue weighted by Gasteiger charge is 2.23. The lowest BCUT2D eigenvalue weighted by Crippen LogP contribution is -2.20. The van der Waals surface area contributed by atoms with E-state index in [1.54, 1.807) is 0 Å². The zero-order valence-electron chi connectivity index (χ0n) is 12.3. The third-order valence-corrected chi connectivity index (χ3v) is 4.38. The molecule has 2 aromatic carbocycles. The van der Waals surface area contributed by atoms with E-state index in [0.29, 0.717) is 12.5 Å². The lowest BCUT2D eigenvalue weighted by Gasteiger charge is -2.23. The van der Waals surface area contributed by atoms with Gasteiger partial charge in [-0.15, -0.1) is 0 Å². The summed E-state index contributed by atoms with van der Waals surface area (Å²) < 4.78 is 5.87. The fraction of sp³-hybridized carbons (Fsp3) is 0.278. The average Bonchev–Trinajstić information content (AvgIpc) is 2.90. The van der Waals surface area contributed by atoms with E-state index >= 15 is 0 Å². The molecule has 2 heterocycles. The topological polar surface area (TPSA) is 37.9 Å². The summed E-state index contributed by atoms with van der Waals surface area (Å²) in [5, 5.41) is 0. The van der Waals surface area contributed by atoms with Gasteiger partial charge in [0.15, 0.2) is 0 Å². The molecule has 1 aromatic heterocycles. The third kappa shape index (κ3) is 2.09. The minimum absolute atomic E-state index is 0.299. The Hall–Kier alpha value is -2.29. The number of benzene rings is 2. The maximum absolute atomic E-state index is 5.87. The van der Waals surface area contributed by atoms with Crippen LogP contribution in [0.3, 0.4) is 0 Å². The number of hydrogen-bond acceptors (Lipinski definition) is 2. The van der Waals surface area contributed by atoms with Crippen LogP contribution in [0, 0.1) is 13.8 Å². The predicted molar refractivity (Wildman–Crippen MR) is 83.9 cm³/mol. The van der Waals surface area contributed by atoms with E-state index in [2.05, 4.69) is 43.1 Å². The Bertz CT molecular complexity index is 780. The van der Waals surface area contributed by atoms with Crippen LogP contribution in [0.15, 0.2) is 36.4 Å². The van der Waals surface area contributed by atoms with Gasteiger partial charge in [-0.05, 0) is 55.2 Å². The summed E-state index contributed by atoms with van der Waals surface area (Å²) in [5.41, 5.74) is 6.01. The maximum Gasteiger partial charge on any atom is 0.122 e. The van der Waals surface area contributed by atoms with Gasteiger partial charge >= 0.3 is 0 Å². The Morgan fingerprint density at radius 2 is 1.95 bits per heavy atom. The first kappa shape index (κ1) is 12.5.